The molecule has 1 aromatic heterocycles. The number of nitrogens with one attached hydrogen (secondary N) is 1. The first-order valence-electron chi connectivity index (χ1n) is 6.64. The van der Waals surface area contributed by atoms with Gasteiger partial charge in [0.2, 0.25) is 0 Å². The van der Waals surface area contributed by atoms with E-state index < -0.39 is 5.97 Å². The van der Waals surface area contributed by atoms with Crippen LogP contribution in [-0.4, -0.2) is 54.9 Å². The average molecular weight is 299 g/mol. The molecule has 2 rings (SSSR count). The summed E-state index contributed by atoms with van der Waals surface area (Å²) < 4.78 is 4.69. The highest BCUT2D eigenvalue weighted by atomic mass is 35.5. The van der Waals surface area contributed by atoms with Crippen molar-refractivity contribution in [3.63, 3.8) is 0 Å². The van der Waals surface area contributed by atoms with Crippen LogP contribution in [0.15, 0.2) is 6.07 Å². The van der Waals surface area contributed by atoms with Crippen LogP contribution in [-0.2, 0) is 4.74 Å². The fourth-order valence-electron chi connectivity index (χ4n) is 2.27. The molecule has 6 nitrogen and oxygen atoms in total. The number of carbonyl (C=O) groups is 1. The number of esters is 1. The Balaban J connectivity index is 2.01. The molecule has 0 amide bonds. The molecule has 20 heavy (non-hydrogen) atoms. The van der Waals surface area contributed by atoms with Crippen LogP contribution in [0.1, 0.15) is 23.3 Å². The lowest BCUT2D eigenvalue weighted by Crippen LogP contribution is -2.33. The number of methoxy groups -OCH3 is 1. The number of rotatable bonds is 4. The molecule has 1 fully saturated rings. The molecule has 0 saturated carbocycles. The lowest BCUT2D eigenvalue weighted by atomic mass is 9.97. The predicted molar refractivity (Wildman–Crippen MR) is 77.1 cm³/mol. The number of hydrogen-bond acceptors (Lipinski definition) is 6. The van der Waals surface area contributed by atoms with Crippen LogP contribution in [0.3, 0.4) is 0 Å². The van der Waals surface area contributed by atoms with Crippen molar-refractivity contribution < 1.29 is 9.53 Å². The molecule has 0 bridgehead atoms. The standard InChI is InChI=1S/C13H19ClN4O2/c1-18-5-3-9(4-6-18)8-15-10-7-11(14)16-17-12(10)13(19)20-2/h7,9H,3-6,8H2,1-2H3,(H,15,16). The van der Waals surface area contributed by atoms with Crippen molar-refractivity contribution in [2.45, 2.75) is 12.8 Å². The SMILES string of the molecule is COC(=O)c1nnc(Cl)cc1NCC1CCN(C)CC1. The fourth-order valence-corrected chi connectivity index (χ4v) is 2.42. The summed E-state index contributed by atoms with van der Waals surface area (Å²) in [5.74, 6) is 0.0729. The summed E-state index contributed by atoms with van der Waals surface area (Å²) in [5, 5.41) is 11.0. The van der Waals surface area contributed by atoms with E-state index in [1.165, 1.54) is 7.11 Å². The summed E-state index contributed by atoms with van der Waals surface area (Å²) in [7, 11) is 3.45. The minimum atomic E-state index is -0.514. The largest absolute Gasteiger partial charge is 0.464 e. The maximum atomic E-state index is 11.6. The molecule has 0 atom stereocenters. The molecule has 0 aromatic carbocycles. The number of nitrogens with zero attached hydrogens (tertiary/aromatic N) is 3. The van der Waals surface area contributed by atoms with Gasteiger partial charge >= 0.3 is 5.97 Å². The molecule has 1 saturated heterocycles. The van der Waals surface area contributed by atoms with Crippen LogP contribution in [0.4, 0.5) is 5.69 Å². The van der Waals surface area contributed by atoms with Gasteiger partial charge in [0.05, 0.1) is 12.8 Å². The number of aromatic nitrogens is 2. The van der Waals surface area contributed by atoms with Gasteiger partial charge in [-0.2, -0.15) is 0 Å². The highest BCUT2D eigenvalue weighted by Gasteiger charge is 2.19. The first kappa shape index (κ1) is 15.0. The molecular formula is C13H19ClN4O2. The number of halogens is 1. The van der Waals surface area contributed by atoms with E-state index in [1.54, 1.807) is 6.07 Å². The Morgan fingerprint density at radius 1 is 1.50 bits per heavy atom. The monoisotopic (exact) mass is 298 g/mol. The Morgan fingerprint density at radius 3 is 2.85 bits per heavy atom. The predicted octanol–water partition coefficient (Wildman–Crippen LogP) is 1.67. The van der Waals surface area contributed by atoms with E-state index in [1.807, 2.05) is 0 Å². The highest BCUT2D eigenvalue weighted by Crippen LogP contribution is 2.20. The van der Waals surface area contributed by atoms with Gasteiger partial charge in [0.15, 0.2) is 10.8 Å². The van der Waals surface area contributed by atoms with Crippen molar-refractivity contribution in [3.8, 4) is 0 Å². The zero-order valence-electron chi connectivity index (χ0n) is 11.7. The quantitative estimate of drug-likeness (QED) is 0.853. The minimum Gasteiger partial charge on any atom is -0.464 e. The first-order chi connectivity index (χ1) is 9.60. The summed E-state index contributed by atoms with van der Waals surface area (Å²) in [6.07, 6.45) is 2.28. The second-order valence-corrected chi connectivity index (χ2v) is 5.44. The number of ether oxygens (including phenoxy) is 1. The van der Waals surface area contributed by atoms with E-state index in [0.717, 1.165) is 32.5 Å². The Bertz CT molecular complexity index is 475. The van der Waals surface area contributed by atoms with Crippen LogP contribution in [0.2, 0.25) is 5.15 Å². The average Bonchev–Trinajstić information content (AvgIpc) is 2.46. The van der Waals surface area contributed by atoms with Gasteiger partial charge in [-0.05, 0) is 38.9 Å². The smallest absolute Gasteiger partial charge is 0.360 e. The Morgan fingerprint density at radius 2 is 2.20 bits per heavy atom. The van der Waals surface area contributed by atoms with E-state index in [2.05, 4.69) is 27.5 Å². The van der Waals surface area contributed by atoms with Gasteiger partial charge in [-0.3, -0.25) is 0 Å². The van der Waals surface area contributed by atoms with Crippen molar-refractivity contribution in [3.05, 3.63) is 16.9 Å². The van der Waals surface area contributed by atoms with Crippen LogP contribution in [0.5, 0.6) is 0 Å². The molecule has 1 aromatic rings. The Labute approximate surface area is 123 Å². The van der Waals surface area contributed by atoms with Gasteiger partial charge in [0.1, 0.15) is 0 Å². The van der Waals surface area contributed by atoms with Crippen molar-refractivity contribution >= 4 is 23.3 Å². The molecule has 7 heteroatoms. The number of carbonyl (C=O) groups excluding carboxylic acids is 1. The van der Waals surface area contributed by atoms with Crippen LogP contribution in [0.25, 0.3) is 0 Å². The van der Waals surface area contributed by atoms with Crippen molar-refractivity contribution in [2.24, 2.45) is 5.92 Å². The third-order valence-corrected chi connectivity index (χ3v) is 3.75. The maximum Gasteiger partial charge on any atom is 0.360 e. The van der Waals surface area contributed by atoms with E-state index in [4.69, 9.17) is 16.3 Å². The van der Waals surface area contributed by atoms with Crippen LogP contribution in [0, 0.1) is 5.92 Å². The Kier molecular flexibility index (Phi) is 5.14. The Hall–Kier alpha value is -1.40. The fraction of sp³-hybridized carbons (Fsp3) is 0.615. The summed E-state index contributed by atoms with van der Waals surface area (Å²) in [6.45, 7) is 3.00. The molecule has 1 aliphatic rings. The first-order valence-corrected chi connectivity index (χ1v) is 7.02. The molecule has 0 radical (unpaired) electrons. The molecule has 1 aliphatic heterocycles. The molecular weight excluding hydrogens is 280 g/mol. The zero-order chi connectivity index (χ0) is 14.5. The zero-order valence-corrected chi connectivity index (χ0v) is 12.5. The normalized spacial score (nSPS) is 16.9. The number of anilines is 1. The second kappa shape index (κ2) is 6.85. The molecule has 0 aliphatic carbocycles. The molecule has 0 unspecified atom stereocenters. The lowest BCUT2D eigenvalue weighted by molar-refractivity contribution is 0.0594. The summed E-state index contributed by atoms with van der Waals surface area (Å²) >= 11 is 5.83. The van der Waals surface area contributed by atoms with Gasteiger partial charge in [-0.1, -0.05) is 11.6 Å². The lowest BCUT2D eigenvalue weighted by Gasteiger charge is -2.29. The number of piperidine rings is 1. The summed E-state index contributed by atoms with van der Waals surface area (Å²) in [5.41, 5.74) is 0.751. The van der Waals surface area contributed by atoms with Crippen LogP contribution >= 0.6 is 11.6 Å². The van der Waals surface area contributed by atoms with Crippen molar-refractivity contribution in [1.29, 1.82) is 0 Å². The van der Waals surface area contributed by atoms with E-state index in [-0.39, 0.29) is 10.8 Å². The van der Waals surface area contributed by atoms with Gasteiger partial charge in [-0.25, -0.2) is 4.79 Å². The summed E-state index contributed by atoms with van der Waals surface area (Å²) in [4.78, 5) is 13.9. The highest BCUT2D eigenvalue weighted by molar-refractivity contribution is 6.29. The van der Waals surface area contributed by atoms with E-state index in [9.17, 15) is 4.79 Å². The minimum absolute atomic E-state index is 0.171. The molecule has 110 valence electrons. The topological polar surface area (TPSA) is 67.3 Å². The second-order valence-electron chi connectivity index (χ2n) is 5.05. The van der Waals surface area contributed by atoms with E-state index >= 15 is 0 Å². The van der Waals surface area contributed by atoms with Gasteiger partial charge < -0.3 is 15.0 Å². The number of likely N-dealkylation sites (tertiary alicyclic amines) is 1. The maximum absolute atomic E-state index is 11.6. The number of hydrogen-bond donors (Lipinski definition) is 1. The molecule has 0 spiro atoms. The third kappa shape index (κ3) is 3.80. The van der Waals surface area contributed by atoms with Crippen molar-refractivity contribution in [2.75, 3.05) is 39.1 Å². The summed E-state index contributed by atoms with van der Waals surface area (Å²) in [6, 6.07) is 1.61. The van der Waals surface area contributed by atoms with Crippen molar-refractivity contribution in [1.82, 2.24) is 15.1 Å². The van der Waals surface area contributed by atoms with Gasteiger partial charge in [0.25, 0.3) is 0 Å². The third-order valence-electron chi connectivity index (χ3n) is 3.56. The van der Waals surface area contributed by atoms with E-state index in [0.29, 0.717) is 11.6 Å². The van der Waals surface area contributed by atoms with Crippen LogP contribution < -0.4 is 5.32 Å². The van der Waals surface area contributed by atoms with Gasteiger partial charge in [-0.15, -0.1) is 10.2 Å². The molecule has 1 N–H and O–H groups in total. The van der Waals surface area contributed by atoms with Gasteiger partial charge in [0, 0.05) is 12.6 Å². The molecule has 2 heterocycles.